The van der Waals surface area contributed by atoms with Gasteiger partial charge in [0.1, 0.15) is 0 Å². The van der Waals surface area contributed by atoms with Gasteiger partial charge in [-0.2, -0.15) is 0 Å². The van der Waals surface area contributed by atoms with Gasteiger partial charge in [0.25, 0.3) is 0 Å². The molecule has 1 fully saturated rings. The molecule has 0 spiro atoms. The molecule has 1 saturated heterocycles. The number of hydrogen-bond donors (Lipinski definition) is 1. The van der Waals surface area contributed by atoms with Crippen LogP contribution in [0, 0.1) is 0 Å². The molecule has 1 atom stereocenters. The Morgan fingerprint density at radius 2 is 1.89 bits per heavy atom. The lowest BCUT2D eigenvalue weighted by atomic mass is 9.96. The largest absolute Gasteiger partial charge is 0.472 e. The molecule has 1 aliphatic rings. The minimum Gasteiger partial charge on any atom is -0.472 e. The molecule has 1 aliphatic heterocycles. The predicted octanol–water partition coefficient (Wildman–Crippen LogP) is 2.17. The zero-order valence-corrected chi connectivity index (χ0v) is 11.8. The number of furan rings is 1. The lowest BCUT2D eigenvalue weighted by Gasteiger charge is -2.49. The van der Waals surface area contributed by atoms with Gasteiger partial charge in [0.05, 0.1) is 29.8 Å². The summed E-state index contributed by atoms with van der Waals surface area (Å²) < 4.78 is 11.3. The van der Waals surface area contributed by atoms with Crippen molar-refractivity contribution in [2.45, 2.75) is 44.9 Å². The average molecular weight is 252 g/mol. The summed E-state index contributed by atoms with van der Waals surface area (Å²) in [6, 6.07) is 2.19. The zero-order valence-electron chi connectivity index (χ0n) is 11.8. The molecule has 2 heterocycles. The monoisotopic (exact) mass is 252 g/mol. The summed E-state index contributed by atoms with van der Waals surface area (Å²) in [5.74, 6) is 0. The van der Waals surface area contributed by atoms with Gasteiger partial charge in [-0.05, 0) is 33.8 Å². The van der Waals surface area contributed by atoms with E-state index in [1.54, 1.807) is 12.5 Å². The van der Waals surface area contributed by atoms with Crippen LogP contribution < -0.4 is 5.73 Å². The third-order valence-corrected chi connectivity index (χ3v) is 3.31. The number of nitrogens with zero attached hydrogens (tertiary/aromatic N) is 1. The molecule has 4 nitrogen and oxygen atoms in total. The Morgan fingerprint density at radius 3 is 2.33 bits per heavy atom. The van der Waals surface area contributed by atoms with Gasteiger partial charge in [-0.3, -0.25) is 4.90 Å². The summed E-state index contributed by atoms with van der Waals surface area (Å²) in [6.45, 7) is 10.9. The Balaban J connectivity index is 2.21. The fourth-order valence-electron chi connectivity index (χ4n) is 3.03. The molecule has 0 aliphatic carbocycles. The van der Waals surface area contributed by atoms with E-state index < -0.39 is 0 Å². The van der Waals surface area contributed by atoms with Crippen molar-refractivity contribution in [1.82, 2.24) is 4.90 Å². The molecule has 2 rings (SSSR count). The molecule has 0 saturated carbocycles. The highest BCUT2D eigenvalue weighted by Gasteiger charge is 2.40. The highest BCUT2D eigenvalue weighted by molar-refractivity contribution is 5.13. The van der Waals surface area contributed by atoms with Gasteiger partial charge in [-0.25, -0.2) is 0 Å². The van der Waals surface area contributed by atoms with Crippen molar-refractivity contribution < 1.29 is 9.15 Å². The van der Waals surface area contributed by atoms with E-state index in [-0.39, 0.29) is 17.2 Å². The van der Waals surface area contributed by atoms with Crippen molar-refractivity contribution in [3.8, 4) is 0 Å². The summed E-state index contributed by atoms with van der Waals surface area (Å²) in [4.78, 5) is 2.40. The Bertz CT molecular complexity index is 369. The first-order chi connectivity index (χ1) is 8.33. The van der Waals surface area contributed by atoms with Gasteiger partial charge in [0, 0.05) is 25.2 Å². The van der Waals surface area contributed by atoms with Crippen LogP contribution in [0.4, 0.5) is 0 Å². The lowest BCUT2D eigenvalue weighted by Crippen LogP contribution is -2.58. The molecular weight excluding hydrogens is 228 g/mol. The molecular formula is C14H24N2O2. The van der Waals surface area contributed by atoms with E-state index in [4.69, 9.17) is 14.9 Å². The van der Waals surface area contributed by atoms with Crippen molar-refractivity contribution in [2.75, 3.05) is 19.6 Å². The van der Waals surface area contributed by atoms with E-state index in [1.165, 1.54) is 0 Å². The summed E-state index contributed by atoms with van der Waals surface area (Å²) in [5.41, 5.74) is 6.78. The Morgan fingerprint density at radius 1 is 1.28 bits per heavy atom. The summed E-state index contributed by atoms with van der Waals surface area (Å²) >= 11 is 0. The van der Waals surface area contributed by atoms with Gasteiger partial charge in [0.2, 0.25) is 0 Å². The zero-order chi connectivity index (χ0) is 13.4. The summed E-state index contributed by atoms with van der Waals surface area (Å²) in [5, 5.41) is 0. The maximum Gasteiger partial charge on any atom is 0.0950 e. The van der Waals surface area contributed by atoms with Crippen LogP contribution in [0.25, 0.3) is 0 Å². The van der Waals surface area contributed by atoms with Crippen LogP contribution >= 0.6 is 0 Å². The maximum absolute atomic E-state index is 6.10. The van der Waals surface area contributed by atoms with Gasteiger partial charge in [0.15, 0.2) is 0 Å². The second-order valence-corrected chi connectivity index (χ2v) is 6.33. The molecule has 4 heteroatoms. The van der Waals surface area contributed by atoms with Crippen LogP contribution in [0.2, 0.25) is 0 Å². The number of nitrogens with two attached hydrogens (primary N) is 1. The molecule has 0 bridgehead atoms. The molecule has 1 aromatic rings. The van der Waals surface area contributed by atoms with Crippen LogP contribution in [0.15, 0.2) is 23.0 Å². The summed E-state index contributed by atoms with van der Waals surface area (Å²) in [7, 11) is 0. The SMILES string of the molecule is CC1(C)CN(C(CN)c2ccoc2)CC(C)(C)O1. The third-order valence-electron chi connectivity index (χ3n) is 3.31. The smallest absolute Gasteiger partial charge is 0.0950 e. The lowest BCUT2D eigenvalue weighted by molar-refractivity contribution is -0.187. The molecule has 0 radical (unpaired) electrons. The molecule has 0 amide bonds. The van der Waals surface area contributed by atoms with Gasteiger partial charge < -0.3 is 14.9 Å². The summed E-state index contributed by atoms with van der Waals surface area (Å²) in [6.07, 6.45) is 3.49. The molecule has 2 N–H and O–H groups in total. The van der Waals surface area contributed by atoms with E-state index in [0.717, 1.165) is 18.7 Å². The maximum atomic E-state index is 6.10. The van der Waals surface area contributed by atoms with E-state index in [9.17, 15) is 0 Å². The molecule has 102 valence electrons. The van der Waals surface area contributed by atoms with Crippen molar-refractivity contribution in [2.24, 2.45) is 5.73 Å². The van der Waals surface area contributed by atoms with E-state index in [0.29, 0.717) is 6.54 Å². The highest BCUT2D eigenvalue weighted by Crippen LogP contribution is 2.33. The molecule has 1 unspecified atom stereocenters. The second-order valence-electron chi connectivity index (χ2n) is 6.33. The standard InChI is InChI=1S/C14H24N2O2/c1-13(2)9-16(10-14(3,4)18-13)12(7-15)11-5-6-17-8-11/h5-6,8,12H,7,9-10,15H2,1-4H3. The first-order valence-electron chi connectivity index (χ1n) is 6.49. The normalized spacial score (nSPS) is 24.9. The van der Waals surface area contributed by atoms with E-state index >= 15 is 0 Å². The van der Waals surface area contributed by atoms with E-state index in [1.807, 2.05) is 6.07 Å². The van der Waals surface area contributed by atoms with Gasteiger partial charge in [-0.15, -0.1) is 0 Å². The molecule has 18 heavy (non-hydrogen) atoms. The Hall–Kier alpha value is -0.840. The Kier molecular flexibility index (Phi) is 3.54. The predicted molar refractivity (Wildman–Crippen MR) is 71.3 cm³/mol. The number of ether oxygens (including phenoxy) is 1. The highest BCUT2D eigenvalue weighted by atomic mass is 16.5. The number of morpholine rings is 1. The number of rotatable bonds is 3. The van der Waals surface area contributed by atoms with Gasteiger partial charge in [-0.1, -0.05) is 0 Å². The average Bonchev–Trinajstić information content (AvgIpc) is 2.67. The third kappa shape index (κ3) is 2.94. The van der Waals surface area contributed by atoms with Crippen LogP contribution in [0.3, 0.4) is 0 Å². The van der Waals surface area contributed by atoms with E-state index in [2.05, 4.69) is 32.6 Å². The van der Waals surface area contributed by atoms with Crippen molar-refractivity contribution in [3.63, 3.8) is 0 Å². The van der Waals surface area contributed by atoms with Crippen molar-refractivity contribution >= 4 is 0 Å². The minimum absolute atomic E-state index is 0.154. The first-order valence-corrected chi connectivity index (χ1v) is 6.49. The minimum atomic E-state index is -0.154. The first kappa shape index (κ1) is 13.6. The molecule has 0 aromatic carbocycles. The number of hydrogen-bond acceptors (Lipinski definition) is 4. The van der Waals surface area contributed by atoms with Crippen molar-refractivity contribution in [3.05, 3.63) is 24.2 Å². The molecule has 1 aromatic heterocycles. The van der Waals surface area contributed by atoms with Crippen molar-refractivity contribution in [1.29, 1.82) is 0 Å². The quantitative estimate of drug-likeness (QED) is 0.895. The van der Waals surface area contributed by atoms with Crippen LogP contribution in [-0.4, -0.2) is 35.7 Å². The van der Waals surface area contributed by atoms with Crippen LogP contribution in [0.1, 0.15) is 39.3 Å². The van der Waals surface area contributed by atoms with Crippen LogP contribution in [0.5, 0.6) is 0 Å². The van der Waals surface area contributed by atoms with Gasteiger partial charge >= 0.3 is 0 Å². The fourth-order valence-corrected chi connectivity index (χ4v) is 3.03. The van der Waals surface area contributed by atoms with Crippen LogP contribution in [-0.2, 0) is 4.74 Å². The topological polar surface area (TPSA) is 51.6 Å². The Labute approximate surface area is 109 Å². The fraction of sp³-hybridized carbons (Fsp3) is 0.714. The second kappa shape index (κ2) is 4.68.